The molecule has 0 fully saturated rings. The van der Waals surface area contributed by atoms with E-state index in [0.29, 0.717) is 29.5 Å². The number of aryl methyl sites for hydroxylation is 1. The smallest absolute Gasteiger partial charge is 0.253 e. The zero-order chi connectivity index (χ0) is 27.6. The maximum Gasteiger partial charge on any atom is 0.253 e. The topological polar surface area (TPSA) is 79.7 Å². The second-order valence-corrected chi connectivity index (χ2v) is 11.1. The van der Waals surface area contributed by atoms with Crippen LogP contribution in [0.2, 0.25) is 5.02 Å². The molecule has 2 heterocycles. The summed E-state index contributed by atoms with van der Waals surface area (Å²) in [6, 6.07) is 25.5. The standard InChI is InChI=1S/C31H33ClN6O/c1-5-31(3,4)38-29(34-35-36-38)28(25-18-24-17-21(2)15-16-27(24)33-30(25)39)37(19-22-11-7-6-8-12-22)20-23-13-9-10-14-26(23)32/h6-18,28H,5,19-20H2,1-4H3,(H,33,39)/t28-/m1/s1. The summed E-state index contributed by atoms with van der Waals surface area (Å²) in [5, 5.41) is 14.7. The maximum atomic E-state index is 13.8. The highest BCUT2D eigenvalue weighted by atomic mass is 35.5. The van der Waals surface area contributed by atoms with Gasteiger partial charge in [-0.3, -0.25) is 9.69 Å². The van der Waals surface area contributed by atoms with Crippen molar-refractivity contribution in [2.24, 2.45) is 0 Å². The Balaban J connectivity index is 1.75. The highest BCUT2D eigenvalue weighted by molar-refractivity contribution is 6.31. The Morgan fingerprint density at radius 2 is 1.74 bits per heavy atom. The van der Waals surface area contributed by atoms with Gasteiger partial charge in [-0.05, 0) is 78.4 Å². The van der Waals surface area contributed by atoms with Crippen LogP contribution in [0.5, 0.6) is 0 Å². The van der Waals surface area contributed by atoms with Crippen LogP contribution < -0.4 is 5.56 Å². The van der Waals surface area contributed by atoms with Crippen LogP contribution in [0.3, 0.4) is 0 Å². The number of nitrogens with zero attached hydrogens (tertiary/aromatic N) is 5. The summed E-state index contributed by atoms with van der Waals surface area (Å²) < 4.78 is 1.86. The van der Waals surface area contributed by atoms with Gasteiger partial charge in [-0.1, -0.05) is 78.7 Å². The number of hydrogen-bond acceptors (Lipinski definition) is 5. The number of tetrazole rings is 1. The first-order valence-corrected chi connectivity index (χ1v) is 13.6. The lowest BCUT2D eigenvalue weighted by Gasteiger charge is -2.34. The van der Waals surface area contributed by atoms with Crippen molar-refractivity contribution in [2.75, 3.05) is 0 Å². The zero-order valence-corrected chi connectivity index (χ0v) is 23.5. The number of aromatic nitrogens is 5. The van der Waals surface area contributed by atoms with Gasteiger partial charge in [0.05, 0.1) is 5.54 Å². The summed E-state index contributed by atoms with van der Waals surface area (Å²) in [4.78, 5) is 19.1. The van der Waals surface area contributed by atoms with E-state index in [2.05, 4.69) is 64.4 Å². The molecule has 0 bridgehead atoms. The number of fused-ring (bicyclic) bond motifs is 1. The van der Waals surface area contributed by atoms with Gasteiger partial charge in [0, 0.05) is 29.2 Å². The Kier molecular flexibility index (Phi) is 7.64. The summed E-state index contributed by atoms with van der Waals surface area (Å²) in [5.41, 5.74) is 4.03. The lowest BCUT2D eigenvalue weighted by atomic mass is 9.98. The normalized spacial score (nSPS) is 12.8. The van der Waals surface area contributed by atoms with Gasteiger partial charge in [-0.15, -0.1) is 5.10 Å². The van der Waals surface area contributed by atoms with Crippen LogP contribution in [-0.2, 0) is 18.6 Å². The Hall–Kier alpha value is -3.81. The Labute approximate surface area is 233 Å². The molecule has 0 aliphatic carbocycles. The van der Waals surface area contributed by atoms with Crippen molar-refractivity contribution in [3.8, 4) is 0 Å². The molecule has 2 aromatic heterocycles. The number of benzene rings is 3. The van der Waals surface area contributed by atoms with Crippen LogP contribution in [0.15, 0.2) is 83.7 Å². The number of H-pyrrole nitrogens is 1. The van der Waals surface area contributed by atoms with E-state index < -0.39 is 6.04 Å². The average molecular weight is 541 g/mol. The lowest BCUT2D eigenvalue weighted by Crippen LogP contribution is -2.38. The minimum Gasteiger partial charge on any atom is -0.322 e. The monoisotopic (exact) mass is 540 g/mol. The minimum atomic E-state index is -0.545. The molecule has 0 aliphatic heterocycles. The van der Waals surface area contributed by atoms with Crippen LogP contribution in [-0.4, -0.2) is 30.1 Å². The number of nitrogens with one attached hydrogen (secondary N) is 1. The average Bonchev–Trinajstić information content (AvgIpc) is 3.42. The first-order chi connectivity index (χ1) is 18.8. The molecular formula is C31H33ClN6O. The van der Waals surface area contributed by atoms with Crippen LogP contribution in [0.4, 0.5) is 0 Å². The van der Waals surface area contributed by atoms with E-state index in [0.717, 1.165) is 34.0 Å². The summed E-state index contributed by atoms with van der Waals surface area (Å²) >= 11 is 6.66. The Bertz CT molecular complexity index is 1640. The first-order valence-electron chi connectivity index (χ1n) is 13.2. The molecular weight excluding hydrogens is 508 g/mol. The first kappa shape index (κ1) is 26.8. The molecule has 7 nitrogen and oxygen atoms in total. The van der Waals surface area contributed by atoms with Gasteiger partial charge in [0.2, 0.25) is 0 Å². The predicted molar refractivity (Wildman–Crippen MR) is 156 cm³/mol. The molecule has 5 aromatic rings. The molecule has 5 rings (SSSR count). The number of halogens is 1. The lowest BCUT2D eigenvalue weighted by molar-refractivity contribution is 0.180. The number of rotatable bonds is 9. The van der Waals surface area contributed by atoms with Crippen molar-refractivity contribution in [1.82, 2.24) is 30.1 Å². The van der Waals surface area contributed by atoms with Crippen molar-refractivity contribution in [3.63, 3.8) is 0 Å². The summed E-state index contributed by atoms with van der Waals surface area (Å²) in [7, 11) is 0. The molecule has 0 spiro atoms. The van der Waals surface area contributed by atoms with Gasteiger partial charge in [-0.2, -0.15) is 0 Å². The van der Waals surface area contributed by atoms with Gasteiger partial charge < -0.3 is 4.98 Å². The third-order valence-electron chi connectivity index (χ3n) is 7.42. The van der Waals surface area contributed by atoms with Gasteiger partial charge in [0.25, 0.3) is 5.56 Å². The molecule has 3 aromatic carbocycles. The molecule has 1 N–H and O–H groups in total. The molecule has 0 saturated heterocycles. The van der Waals surface area contributed by atoms with Crippen molar-refractivity contribution < 1.29 is 0 Å². The molecule has 0 amide bonds. The number of hydrogen-bond donors (Lipinski definition) is 1. The zero-order valence-electron chi connectivity index (χ0n) is 22.7. The summed E-state index contributed by atoms with van der Waals surface area (Å²) in [6.45, 7) is 9.41. The van der Waals surface area contributed by atoms with E-state index >= 15 is 0 Å². The van der Waals surface area contributed by atoms with E-state index in [1.807, 2.05) is 72.3 Å². The van der Waals surface area contributed by atoms with Crippen LogP contribution in [0.25, 0.3) is 10.9 Å². The van der Waals surface area contributed by atoms with Crippen molar-refractivity contribution in [1.29, 1.82) is 0 Å². The van der Waals surface area contributed by atoms with E-state index in [-0.39, 0.29) is 11.1 Å². The number of pyridine rings is 1. The van der Waals surface area contributed by atoms with Gasteiger partial charge in [0.15, 0.2) is 5.82 Å². The quantitative estimate of drug-likeness (QED) is 0.233. The van der Waals surface area contributed by atoms with Crippen LogP contribution >= 0.6 is 11.6 Å². The van der Waals surface area contributed by atoms with Crippen molar-refractivity contribution >= 4 is 22.5 Å². The fraction of sp³-hybridized carbons (Fsp3) is 0.290. The third kappa shape index (κ3) is 5.65. The predicted octanol–water partition coefficient (Wildman–Crippen LogP) is 6.41. The van der Waals surface area contributed by atoms with Crippen LogP contribution in [0.1, 0.15) is 61.3 Å². The second-order valence-electron chi connectivity index (χ2n) is 10.6. The molecule has 8 heteroatoms. The SMILES string of the molecule is CCC(C)(C)n1nnnc1[C@@H](c1cc2cc(C)ccc2[nH]c1=O)N(Cc1ccccc1)Cc1ccccc1Cl. The van der Waals surface area contributed by atoms with E-state index in [1.54, 1.807) is 0 Å². The minimum absolute atomic E-state index is 0.169. The number of aromatic amines is 1. The fourth-order valence-corrected chi connectivity index (χ4v) is 5.09. The third-order valence-corrected chi connectivity index (χ3v) is 7.79. The molecule has 0 aliphatic rings. The maximum absolute atomic E-state index is 13.8. The highest BCUT2D eigenvalue weighted by Gasteiger charge is 2.34. The summed E-state index contributed by atoms with van der Waals surface area (Å²) in [5.74, 6) is 0.613. The van der Waals surface area contributed by atoms with E-state index in [9.17, 15) is 4.79 Å². The van der Waals surface area contributed by atoms with Gasteiger partial charge in [0.1, 0.15) is 6.04 Å². The second kappa shape index (κ2) is 11.1. The van der Waals surface area contributed by atoms with Crippen molar-refractivity contribution in [2.45, 2.75) is 58.8 Å². The highest BCUT2D eigenvalue weighted by Crippen LogP contribution is 2.33. The molecule has 39 heavy (non-hydrogen) atoms. The van der Waals surface area contributed by atoms with E-state index in [1.165, 1.54) is 0 Å². The van der Waals surface area contributed by atoms with Crippen molar-refractivity contribution in [3.05, 3.63) is 122 Å². The van der Waals surface area contributed by atoms with Gasteiger partial charge >= 0.3 is 0 Å². The van der Waals surface area contributed by atoms with Crippen LogP contribution in [0, 0.1) is 6.92 Å². The fourth-order valence-electron chi connectivity index (χ4n) is 4.89. The summed E-state index contributed by atoms with van der Waals surface area (Å²) in [6.07, 6.45) is 0.814. The molecule has 200 valence electrons. The Morgan fingerprint density at radius 3 is 2.49 bits per heavy atom. The molecule has 0 unspecified atom stereocenters. The van der Waals surface area contributed by atoms with E-state index in [4.69, 9.17) is 11.6 Å². The molecule has 1 atom stereocenters. The molecule has 0 saturated carbocycles. The Morgan fingerprint density at radius 1 is 1.00 bits per heavy atom. The van der Waals surface area contributed by atoms with Gasteiger partial charge in [-0.25, -0.2) is 4.68 Å². The largest absolute Gasteiger partial charge is 0.322 e. The molecule has 0 radical (unpaired) electrons.